The Kier molecular flexibility index (Phi) is 7.94. The van der Waals surface area contributed by atoms with Crippen molar-refractivity contribution < 1.29 is 4.79 Å². The molecule has 0 unspecified atom stereocenters. The molecule has 1 rings (SSSR count). The maximum absolute atomic E-state index is 11.7. The molecule has 0 saturated carbocycles. The van der Waals surface area contributed by atoms with Gasteiger partial charge >= 0.3 is 0 Å². The molecule has 1 amide bonds. The molecular weight excluding hydrogens is 270 g/mol. The molecule has 0 aliphatic carbocycles. The second-order valence-corrected chi connectivity index (χ2v) is 6.91. The van der Waals surface area contributed by atoms with Crippen LogP contribution in [0.5, 0.6) is 0 Å². The normalized spacial score (nSPS) is 11.8. The van der Waals surface area contributed by atoms with E-state index in [-0.39, 0.29) is 11.3 Å². The third kappa shape index (κ3) is 7.44. The number of rotatable bonds is 8. The molecular formula is C20H31NO. The fourth-order valence-electron chi connectivity index (χ4n) is 2.27. The van der Waals surface area contributed by atoms with Gasteiger partial charge in [0.05, 0.1) is 0 Å². The van der Waals surface area contributed by atoms with Crippen LogP contribution in [-0.2, 0) is 10.2 Å². The second-order valence-electron chi connectivity index (χ2n) is 6.91. The Balaban J connectivity index is 2.33. The van der Waals surface area contributed by atoms with Crippen molar-refractivity contribution in [3.05, 3.63) is 41.5 Å². The molecule has 0 heterocycles. The van der Waals surface area contributed by atoms with Crippen LogP contribution in [0.2, 0.25) is 0 Å². The fourth-order valence-corrected chi connectivity index (χ4v) is 2.27. The van der Waals surface area contributed by atoms with Crippen LogP contribution >= 0.6 is 0 Å². The van der Waals surface area contributed by atoms with Gasteiger partial charge in [0.25, 0.3) is 0 Å². The first kappa shape index (κ1) is 18.5. The van der Waals surface area contributed by atoms with E-state index in [4.69, 9.17) is 0 Å². The lowest BCUT2D eigenvalue weighted by atomic mass is 9.87. The molecule has 0 aromatic heterocycles. The molecule has 0 radical (unpaired) electrons. The number of unbranched alkanes of at least 4 members (excludes halogenated alkanes) is 4. The summed E-state index contributed by atoms with van der Waals surface area (Å²) in [7, 11) is 0. The summed E-state index contributed by atoms with van der Waals surface area (Å²) in [6.07, 6.45) is 9.58. The van der Waals surface area contributed by atoms with Gasteiger partial charge in [-0.2, -0.15) is 0 Å². The van der Waals surface area contributed by atoms with E-state index in [0.717, 1.165) is 18.5 Å². The number of hydrogen-bond acceptors (Lipinski definition) is 1. The van der Waals surface area contributed by atoms with Crippen LogP contribution in [0.25, 0.3) is 6.08 Å². The minimum Gasteiger partial charge on any atom is -0.353 e. The molecule has 122 valence electrons. The van der Waals surface area contributed by atoms with Gasteiger partial charge in [0.15, 0.2) is 0 Å². The SMILES string of the molecule is CCCCCCCNC(=O)/C=C/c1ccc(C(C)(C)C)cc1. The zero-order valence-electron chi connectivity index (χ0n) is 14.6. The van der Waals surface area contributed by atoms with E-state index in [9.17, 15) is 4.79 Å². The summed E-state index contributed by atoms with van der Waals surface area (Å²) >= 11 is 0. The first-order valence-corrected chi connectivity index (χ1v) is 8.50. The largest absolute Gasteiger partial charge is 0.353 e. The third-order valence-electron chi connectivity index (χ3n) is 3.78. The molecule has 0 bridgehead atoms. The number of amides is 1. The lowest BCUT2D eigenvalue weighted by molar-refractivity contribution is -0.116. The fraction of sp³-hybridized carbons (Fsp3) is 0.550. The Morgan fingerprint density at radius 1 is 1.05 bits per heavy atom. The summed E-state index contributed by atoms with van der Waals surface area (Å²) in [6.45, 7) is 9.58. The standard InChI is InChI=1S/C20H31NO/c1-5-6-7-8-9-16-21-19(22)15-12-17-10-13-18(14-11-17)20(2,3)4/h10-15H,5-9,16H2,1-4H3,(H,21,22)/b15-12+. The number of benzene rings is 1. The maximum atomic E-state index is 11.7. The number of carbonyl (C=O) groups excluding carboxylic acids is 1. The Labute approximate surface area is 136 Å². The lowest BCUT2D eigenvalue weighted by Gasteiger charge is -2.18. The van der Waals surface area contributed by atoms with Crippen LogP contribution in [0.15, 0.2) is 30.3 Å². The van der Waals surface area contributed by atoms with E-state index in [1.165, 1.54) is 31.2 Å². The van der Waals surface area contributed by atoms with Gasteiger partial charge in [0.1, 0.15) is 0 Å². The van der Waals surface area contributed by atoms with Crippen molar-refractivity contribution >= 4 is 12.0 Å². The predicted octanol–water partition coefficient (Wildman–Crippen LogP) is 5.08. The maximum Gasteiger partial charge on any atom is 0.243 e. The average Bonchev–Trinajstić information content (AvgIpc) is 2.48. The minimum atomic E-state index is -0.00427. The molecule has 0 spiro atoms. The first-order valence-electron chi connectivity index (χ1n) is 8.50. The van der Waals surface area contributed by atoms with Crippen molar-refractivity contribution in [3.8, 4) is 0 Å². The Morgan fingerprint density at radius 2 is 1.68 bits per heavy atom. The molecule has 2 nitrogen and oxygen atoms in total. The van der Waals surface area contributed by atoms with Crippen LogP contribution in [0.4, 0.5) is 0 Å². The molecule has 0 atom stereocenters. The van der Waals surface area contributed by atoms with Gasteiger partial charge in [-0.3, -0.25) is 4.79 Å². The summed E-state index contributed by atoms with van der Waals surface area (Å²) in [5.74, 6) is -0.00427. The van der Waals surface area contributed by atoms with Crippen LogP contribution in [0, 0.1) is 0 Å². The highest BCUT2D eigenvalue weighted by Gasteiger charge is 2.12. The van der Waals surface area contributed by atoms with Crippen molar-refractivity contribution in [2.24, 2.45) is 0 Å². The zero-order chi connectivity index (χ0) is 16.4. The quantitative estimate of drug-likeness (QED) is 0.526. The highest BCUT2D eigenvalue weighted by Crippen LogP contribution is 2.22. The molecule has 1 N–H and O–H groups in total. The molecule has 22 heavy (non-hydrogen) atoms. The highest BCUT2D eigenvalue weighted by molar-refractivity contribution is 5.91. The molecule has 0 fully saturated rings. The molecule has 2 heteroatoms. The predicted molar refractivity (Wildman–Crippen MR) is 95.9 cm³/mol. The van der Waals surface area contributed by atoms with Crippen molar-refractivity contribution in [1.29, 1.82) is 0 Å². The van der Waals surface area contributed by atoms with E-state index in [0.29, 0.717) is 0 Å². The summed E-state index contributed by atoms with van der Waals surface area (Å²) in [4.78, 5) is 11.7. The summed E-state index contributed by atoms with van der Waals surface area (Å²) in [6, 6.07) is 8.39. The smallest absolute Gasteiger partial charge is 0.243 e. The van der Waals surface area contributed by atoms with Crippen molar-refractivity contribution in [3.63, 3.8) is 0 Å². The Bertz CT molecular complexity index is 465. The average molecular weight is 301 g/mol. The topological polar surface area (TPSA) is 29.1 Å². The molecule has 1 aromatic carbocycles. The number of hydrogen-bond donors (Lipinski definition) is 1. The van der Waals surface area contributed by atoms with Crippen molar-refractivity contribution in [2.75, 3.05) is 6.54 Å². The van der Waals surface area contributed by atoms with Gasteiger partial charge in [-0.1, -0.05) is 77.6 Å². The number of carbonyl (C=O) groups is 1. The minimum absolute atomic E-state index is 0.00427. The lowest BCUT2D eigenvalue weighted by Crippen LogP contribution is -2.21. The molecule has 0 aliphatic rings. The zero-order valence-corrected chi connectivity index (χ0v) is 14.6. The van der Waals surface area contributed by atoms with Gasteiger partial charge in [-0.15, -0.1) is 0 Å². The first-order chi connectivity index (χ1) is 10.4. The molecule has 0 aliphatic heterocycles. The Hall–Kier alpha value is -1.57. The van der Waals surface area contributed by atoms with Gasteiger partial charge < -0.3 is 5.32 Å². The van der Waals surface area contributed by atoms with Gasteiger partial charge in [0.2, 0.25) is 5.91 Å². The monoisotopic (exact) mass is 301 g/mol. The highest BCUT2D eigenvalue weighted by atomic mass is 16.1. The summed E-state index contributed by atoms with van der Waals surface area (Å²) in [5, 5.41) is 2.94. The van der Waals surface area contributed by atoms with Crippen LogP contribution < -0.4 is 5.32 Å². The second kappa shape index (κ2) is 9.45. The van der Waals surface area contributed by atoms with E-state index in [2.05, 4.69) is 57.3 Å². The van der Waals surface area contributed by atoms with Gasteiger partial charge in [0, 0.05) is 12.6 Å². The van der Waals surface area contributed by atoms with E-state index < -0.39 is 0 Å². The van der Waals surface area contributed by atoms with Crippen LogP contribution in [0.3, 0.4) is 0 Å². The van der Waals surface area contributed by atoms with Crippen LogP contribution in [-0.4, -0.2) is 12.5 Å². The van der Waals surface area contributed by atoms with Gasteiger partial charge in [-0.05, 0) is 29.0 Å². The molecule has 0 saturated heterocycles. The van der Waals surface area contributed by atoms with Crippen molar-refractivity contribution in [2.45, 2.75) is 65.2 Å². The Morgan fingerprint density at radius 3 is 2.27 bits per heavy atom. The summed E-state index contributed by atoms with van der Waals surface area (Å²) < 4.78 is 0. The molecule has 1 aromatic rings. The van der Waals surface area contributed by atoms with E-state index in [1.54, 1.807) is 6.08 Å². The van der Waals surface area contributed by atoms with Gasteiger partial charge in [-0.25, -0.2) is 0 Å². The van der Waals surface area contributed by atoms with E-state index >= 15 is 0 Å². The van der Waals surface area contributed by atoms with Crippen LogP contribution in [0.1, 0.15) is 70.9 Å². The number of nitrogens with one attached hydrogen (secondary N) is 1. The van der Waals surface area contributed by atoms with Crippen molar-refractivity contribution in [1.82, 2.24) is 5.32 Å². The van der Waals surface area contributed by atoms with E-state index in [1.807, 2.05) is 6.08 Å². The summed E-state index contributed by atoms with van der Waals surface area (Å²) in [5.41, 5.74) is 2.53. The third-order valence-corrected chi connectivity index (χ3v) is 3.78.